The van der Waals surface area contributed by atoms with Gasteiger partial charge in [-0.2, -0.15) is 15.1 Å². The number of benzene rings is 1. The van der Waals surface area contributed by atoms with Crippen LogP contribution in [0.1, 0.15) is 95.9 Å². The molecule has 0 saturated carbocycles. The lowest BCUT2D eigenvalue weighted by Crippen LogP contribution is -2.57. The van der Waals surface area contributed by atoms with E-state index in [1.807, 2.05) is 36.4 Å². The van der Waals surface area contributed by atoms with Gasteiger partial charge in [-0.3, -0.25) is 14.8 Å². The van der Waals surface area contributed by atoms with Crippen LogP contribution in [0.2, 0.25) is 0 Å². The number of pyridine rings is 1. The van der Waals surface area contributed by atoms with Gasteiger partial charge >= 0.3 is 12.1 Å². The summed E-state index contributed by atoms with van der Waals surface area (Å²) in [6, 6.07) is 3.70. The van der Waals surface area contributed by atoms with Crippen molar-refractivity contribution < 1.29 is 32.2 Å². The molecule has 0 N–H and O–H groups in total. The lowest BCUT2D eigenvalue weighted by atomic mass is 9.95. The van der Waals surface area contributed by atoms with Gasteiger partial charge in [0.1, 0.15) is 29.0 Å². The molecule has 5 aliphatic heterocycles. The summed E-state index contributed by atoms with van der Waals surface area (Å²) in [6.45, 7) is 10.5. The molecule has 2 bridgehead atoms. The topological polar surface area (TPSA) is 111 Å². The molecule has 58 heavy (non-hydrogen) atoms. The van der Waals surface area contributed by atoms with Gasteiger partial charge in [-0.25, -0.2) is 22.6 Å². The number of rotatable bonds is 7. The Morgan fingerprint density at radius 3 is 2.64 bits per heavy atom. The van der Waals surface area contributed by atoms with E-state index >= 15 is 8.78 Å². The van der Waals surface area contributed by atoms with Gasteiger partial charge in [0.2, 0.25) is 0 Å². The first-order chi connectivity index (χ1) is 27.9. The summed E-state index contributed by atoms with van der Waals surface area (Å²) in [7, 11) is 0. The average Bonchev–Trinajstić information content (AvgIpc) is 3.99. The fourth-order valence-electron chi connectivity index (χ4n) is 10.4. The fraction of sp³-hybridized carbons (Fsp3) is 0.595. The van der Waals surface area contributed by atoms with Gasteiger partial charge in [-0.1, -0.05) is 0 Å². The largest absolute Gasteiger partial charge is 0.461 e. The Morgan fingerprint density at radius 2 is 1.90 bits per heavy atom. The van der Waals surface area contributed by atoms with Gasteiger partial charge < -0.3 is 19.1 Å². The van der Waals surface area contributed by atoms with E-state index in [2.05, 4.69) is 9.80 Å². The van der Waals surface area contributed by atoms with Crippen LogP contribution in [-0.2, 0) is 9.47 Å². The smallest absolute Gasteiger partial charge is 0.410 e. The first-order valence-corrected chi connectivity index (χ1v) is 21.5. The highest BCUT2D eigenvalue weighted by atomic mass is 32.1. The third-order valence-corrected chi connectivity index (χ3v) is 14.0. The van der Waals surface area contributed by atoms with Crippen molar-refractivity contribution in [1.29, 1.82) is 0 Å². The van der Waals surface area contributed by atoms with E-state index in [9.17, 15) is 9.18 Å². The zero-order valence-electron chi connectivity index (χ0n) is 33.3. The Labute approximate surface area is 338 Å². The van der Waals surface area contributed by atoms with Crippen molar-refractivity contribution in [2.75, 3.05) is 44.3 Å². The number of fused-ring (bicyclic) bond motifs is 7. The predicted molar refractivity (Wildman–Crippen MR) is 216 cm³/mol. The van der Waals surface area contributed by atoms with Crippen LogP contribution < -0.4 is 9.64 Å². The highest BCUT2D eigenvalue weighted by Gasteiger charge is 2.50. The van der Waals surface area contributed by atoms with Gasteiger partial charge in [0.05, 0.1) is 45.1 Å². The van der Waals surface area contributed by atoms with Crippen molar-refractivity contribution >= 4 is 54.5 Å². The molecule has 9 heterocycles. The van der Waals surface area contributed by atoms with Crippen molar-refractivity contribution in [3.05, 3.63) is 35.7 Å². The van der Waals surface area contributed by atoms with Crippen LogP contribution in [0.4, 0.5) is 23.8 Å². The molecule has 308 valence electrons. The summed E-state index contributed by atoms with van der Waals surface area (Å²) < 4.78 is 66.1. The molecule has 1 amide bonds. The minimum Gasteiger partial charge on any atom is -0.461 e. The molecule has 12 nitrogen and oxygen atoms in total. The zero-order chi connectivity index (χ0) is 40.1. The van der Waals surface area contributed by atoms with Gasteiger partial charge in [0.25, 0.3) is 6.43 Å². The first-order valence-electron chi connectivity index (χ1n) is 20.7. The van der Waals surface area contributed by atoms with E-state index in [-0.39, 0.29) is 42.6 Å². The molecule has 1 unspecified atom stereocenters. The van der Waals surface area contributed by atoms with Gasteiger partial charge in [0.15, 0.2) is 6.23 Å². The Balaban J connectivity index is 1.11. The number of amides is 1. The van der Waals surface area contributed by atoms with Crippen molar-refractivity contribution in [2.45, 2.75) is 121 Å². The van der Waals surface area contributed by atoms with Gasteiger partial charge in [0, 0.05) is 60.8 Å². The van der Waals surface area contributed by atoms with E-state index in [4.69, 9.17) is 34.3 Å². The molecule has 0 aliphatic carbocycles. The Bertz CT molecular complexity index is 2400. The van der Waals surface area contributed by atoms with Crippen molar-refractivity contribution in [3.8, 4) is 17.3 Å². The second kappa shape index (κ2) is 14.2. The third-order valence-electron chi connectivity index (χ3n) is 12.9. The number of nitrogens with zero attached hydrogens (tertiary/aromatic N) is 8. The zero-order valence-corrected chi connectivity index (χ0v) is 34.2. The molecule has 1 aromatic carbocycles. The molecule has 0 radical (unpaired) electrons. The van der Waals surface area contributed by atoms with Crippen LogP contribution in [-0.4, -0.2) is 109 Å². The number of ether oxygens (including phenoxy) is 3. The van der Waals surface area contributed by atoms with Crippen molar-refractivity contribution in [2.24, 2.45) is 0 Å². The molecule has 5 saturated heterocycles. The van der Waals surface area contributed by atoms with Crippen LogP contribution in [0, 0.1) is 6.92 Å². The summed E-state index contributed by atoms with van der Waals surface area (Å²) in [5.74, 6) is 0.658. The number of piperazine rings is 1. The van der Waals surface area contributed by atoms with E-state index in [1.165, 1.54) is 11.3 Å². The first kappa shape index (κ1) is 38.0. The van der Waals surface area contributed by atoms with E-state index in [1.54, 1.807) is 25.4 Å². The van der Waals surface area contributed by atoms with Crippen molar-refractivity contribution in [1.82, 2.24) is 34.5 Å². The van der Waals surface area contributed by atoms with Crippen LogP contribution in [0.25, 0.3) is 42.5 Å². The number of anilines is 1. The molecule has 5 aromatic rings. The number of aryl methyl sites for hydroxylation is 1. The normalized spacial score (nSPS) is 26.5. The summed E-state index contributed by atoms with van der Waals surface area (Å²) >= 11 is 1.38. The monoisotopic (exact) mass is 818 g/mol. The summed E-state index contributed by atoms with van der Waals surface area (Å²) in [4.78, 5) is 35.3. The standard InChI is InChI=1S/C42H49F3N8O4S/c1-23-16-29-28(18-47-53(29)30-8-5-6-15-55-30)32(31(23)36(44)45)34-35-27(11-13-46-34)33-37(50-20-25-9-10-26(21-50)52(25)40(54)57-41(2,3)4)48-39(49-38(33)58-35)56-22-42-12-7-14-51(42)19-24(43)17-42/h11,13,16,18,24-26,30,36H,5-10,12,14-15,17,19-22H2,1-4H3/t24-,25-,26+,30?,42+/m1/s1. The quantitative estimate of drug-likeness (QED) is 0.158. The van der Waals surface area contributed by atoms with Crippen LogP contribution in [0.15, 0.2) is 24.5 Å². The third kappa shape index (κ3) is 6.35. The number of hydrogen-bond donors (Lipinski definition) is 0. The lowest BCUT2D eigenvalue weighted by molar-refractivity contribution is -0.0366. The summed E-state index contributed by atoms with van der Waals surface area (Å²) in [5, 5.41) is 6.86. The van der Waals surface area contributed by atoms with Gasteiger partial charge in [-0.15, -0.1) is 11.3 Å². The minimum atomic E-state index is -2.76. The molecule has 5 atom stereocenters. The second-order valence-corrected chi connectivity index (χ2v) is 18.8. The van der Waals surface area contributed by atoms with Crippen LogP contribution in [0.3, 0.4) is 0 Å². The molecule has 16 heteroatoms. The lowest BCUT2D eigenvalue weighted by Gasteiger charge is -2.42. The van der Waals surface area contributed by atoms with E-state index in [0.717, 1.165) is 67.8 Å². The molecule has 5 fully saturated rings. The maximum absolute atomic E-state index is 15.2. The van der Waals surface area contributed by atoms with Crippen LogP contribution in [0.5, 0.6) is 6.01 Å². The molecule has 4 aromatic heterocycles. The molecule has 5 aliphatic rings. The minimum absolute atomic E-state index is 0.0812. The number of carbonyl (C=O) groups is 1. The Kier molecular flexibility index (Phi) is 9.28. The number of alkyl halides is 3. The maximum atomic E-state index is 15.2. The summed E-state index contributed by atoms with van der Waals surface area (Å²) in [6.07, 6.45) is 5.75. The predicted octanol–water partition coefficient (Wildman–Crippen LogP) is 8.74. The van der Waals surface area contributed by atoms with Crippen molar-refractivity contribution in [3.63, 3.8) is 0 Å². The fourth-order valence-corrected chi connectivity index (χ4v) is 11.5. The highest BCUT2D eigenvalue weighted by molar-refractivity contribution is 7.26. The van der Waals surface area contributed by atoms with Crippen LogP contribution >= 0.6 is 11.3 Å². The number of hydrogen-bond acceptors (Lipinski definition) is 11. The summed E-state index contributed by atoms with van der Waals surface area (Å²) in [5.41, 5.74) is 0.850. The van der Waals surface area contributed by atoms with E-state index < -0.39 is 23.7 Å². The molecule has 0 spiro atoms. The molecular formula is C42H49F3N8O4S. The highest BCUT2D eigenvalue weighted by Crippen LogP contribution is 2.48. The number of carbonyl (C=O) groups excluding carboxylic acids is 1. The molecular weight excluding hydrogens is 770 g/mol. The molecule has 10 rings (SSSR count). The number of aromatic nitrogens is 5. The number of thiophene rings is 1. The average molecular weight is 819 g/mol. The Hall–Kier alpha value is -4.28. The number of halogens is 3. The maximum Gasteiger partial charge on any atom is 0.410 e. The SMILES string of the molecule is Cc1cc2c(cnn2C2CCCCO2)c(-c2nccc3c2sc2nc(OC[C@@]45CCCN4C[C@H](F)C5)nc(N4C[C@H]5CC[C@@H](C4)N5C(=O)OC(C)(C)C)c23)c1C(F)F. The second-order valence-electron chi connectivity index (χ2n) is 17.8. The van der Waals surface area contributed by atoms with E-state index in [0.29, 0.717) is 70.2 Å². The Morgan fingerprint density at radius 1 is 1.09 bits per heavy atom. The van der Waals surface area contributed by atoms with Gasteiger partial charge in [-0.05, 0) is 96.9 Å².